The third-order valence-corrected chi connectivity index (χ3v) is 4.21. The lowest BCUT2D eigenvalue weighted by Gasteiger charge is -2.21. The predicted octanol–water partition coefficient (Wildman–Crippen LogP) is 1.66. The topological polar surface area (TPSA) is 65.5 Å². The van der Waals surface area contributed by atoms with Gasteiger partial charge in [0.05, 0.1) is 13.2 Å². The predicted molar refractivity (Wildman–Crippen MR) is 87.7 cm³/mol. The van der Waals surface area contributed by atoms with Crippen LogP contribution in [-0.2, 0) is 4.79 Å². The maximum absolute atomic E-state index is 12.3. The number of aromatic nitrogens is 1. The fourth-order valence-electron chi connectivity index (χ4n) is 2.21. The Labute approximate surface area is 134 Å². The van der Waals surface area contributed by atoms with Crippen molar-refractivity contribution in [3.05, 3.63) is 52.5 Å². The summed E-state index contributed by atoms with van der Waals surface area (Å²) in [6, 6.07) is 9.58. The number of aliphatic hydroxyl groups is 1. The Morgan fingerprint density at radius 1 is 1.41 bits per heavy atom. The minimum absolute atomic E-state index is 0.0513. The fraction of sp³-hybridized carbons (Fsp3) is 0.375. The second-order valence-corrected chi connectivity index (χ2v) is 5.80. The van der Waals surface area contributed by atoms with Gasteiger partial charge < -0.3 is 10.4 Å². The van der Waals surface area contributed by atoms with Crippen LogP contribution in [0.1, 0.15) is 23.5 Å². The number of thiazole rings is 1. The molecule has 118 valence electrons. The molecule has 1 amide bonds. The molecule has 2 N–H and O–H groups in total. The molecule has 0 aliphatic rings. The molecule has 0 saturated heterocycles. The van der Waals surface area contributed by atoms with Gasteiger partial charge in [0, 0.05) is 18.1 Å². The number of hydrogen-bond donors (Lipinski definition) is 2. The minimum atomic E-state index is -0.235. The van der Waals surface area contributed by atoms with Gasteiger partial charge >= 0.3 is 0 Å². The van der Waals surface area contributed by atoms with Crippen LogP contribution in [0.5, 0.6) is 0 Å². The zero-order valence-electron chi connectivity index (χ0n) is 12.6. The van der Waals surface area contributed by atoms with E-state index in [9.17, 15) is 4.79 Å². The summed E-state index contributed by atoms with van der Waals surface area (Å²) >= 11 is 1.52. The van der Waals surface area contributed by atoms with Gasteiger partial charge in [0.15, 0.2) is 0 Å². The van der Waals surface area contributed by atoms with Gasteiger partial charge in [-0.3, -0.25) is 9.69 Å². The average Bonchev–Trinajstić information content (AvgIpc) is 3.07. The van der Waals surface area contributed by atoms with Crippen molar-refractivity contribution in [3.8, 4) is 0 Å². The monoisotopic (exact) mass is 319 g/mol. The molecule has 0 aliphatic carbocycles. The number of aliphatic hydroxyl groups excluding tert-OH is 1. The molecule has 2 aromatic rings. The van der Waals surface area contributed by atoms with Crippen LogP contribution >= 0.6 is 11.3 Å². The number of rotatable bonds is 8. The van der Waals surface area contributed by atoms with E-state index in [1.165, 1.54) is 11.3 Å². The quantitative estimate of drug-likeness (QED) is 0.777. The Morgan fingerprint density at radius 3 is 2.77 bits per heavy atom. The van der Waals surface area contributed by atoms with E-state index in [1.54, 1.807) is 6.20 Å². The second-order valence-electron chi connectivity index (χ2n) is 4.87. The molecule has 1 heterocycles. The largest absolute Gasteiger partial charge is 0.395 e. The Kier molecular flexibility index (Phi) is 6.51. The number of carbonyl (C=O) groups is 1. The molecule has 1 unspecified atom stereocenters. The van der Waals surface area contributed by atoms with Gasteiger partial charge in [0.2, 0.25) is 5.91 Å². The second kappa shape index (κ2) is 8.63. The van der Waals surface area contributed by atoms with Gasteiger partial charge in [0.1, 0.15) is 11.0 Å². The highest BCUT2D eigenvalue weighted by molar-refractivity contribution is 7.09. The number of carbonyl (C=O) groups excluding carboxylic acids is 1. The lowest BCUT2D eigenvalue weighted by atomic mass is 10.1. The molecule has 5 nitrogen and oxygen atoms in total. The number of nitrogens with one attached hydrogen (secondary N) is 1. The van der Waals surface area contributed by atoms with Crippen LogP contribution in [-0.4, -0.2) is 47.1 Å². The van der Waals surface area contributed by atoms with Crippen LogP contribution in [0.15, 0.2) is 41.9 Å². The summed E-state index contributed by atoms with van der Waals surface area (Å²) in [5.74, 6) is -0.0700. The maximum Gasteiger partial charge on any atom is 0.235 e. The van der Waals surface area contributed by atoms with Crippen molar-refractivity contribution in [2.24, 2.45) is 0 Å². The van der Waals surface area contributed by atoms with Gasteiger partial charge in [-0.2, -0.15) is 0 Å². The molecule has 0 radical (unpaired) electrons. The Balaban J connectivity index is 2.09. The van der Waals surface area contributed by atoms with Gasteiger partial charge in [0.25, 0.3) is 0 Å². The van der Waals surface area contributed by atoms with E-state index < -0.39 is 0 Å². The third-order valence-electron chi connectivity index (χ3n) is 3.37. The number of benzene rings is 1. The average molecular weight is 319 g/mol. The zero-order valence-corrected chi connectivity index (χ0v) is 13.4. The summed E-state index contributed by atoms with van der Waals surface area (Å²) in [5.41, 5.74) is 1.01. The highest BCUT2D eigenvalue weighted by Crippen LogP contribution is 2.23. The van der Waals surface area contributed by atoms with Crippen LogP contribution in [0, 0.1) is 0 Å². The van der Waals surface area contributed by atoms with Crippen molar-refractivity contribution < 1.29 is 9.90 Å². The van der Waals surface area contributed by atoms with Crippen LogP contribution in [0.3, 0.4) is 0 Å². The summed E-state index contributed by atoms with van der Waals surface area (Å²) < 4.78 is 0. The van der Waals surface area contributed by atoms with Gasteiger partial charge in [-0.25, -0.2) is 4.98 Å². The van der Waals surface area contributed by atoms with Crippen LogP contribution < -0.4 is 5.32 Å². The van der Waals surface area contributed by atoms with Gasteiger partial charge in [-0.05, 0) is 12.1 Å². The first kappa shape index (κ1) is 16.6. The molecule has 22 heavy (non-hydrogen) atoms. The first-order valence-corrected chi connectivity index (χ1v) is 8.19. The lowest BCUT2D eigenvalue weighted by molar-refractivity contribution is -0.122. The number of likely N-dealkylation sites (N-methyl/N-ethyl adjacent to an activating group) is 1. The van der Waals surface area contributed by atoms with Crippen LogP contribution in [0.4, 0.5) is 0 Å². The van der Waals surface area contributed by atoms with Crippen molar-refractivity contribution in [3.63, 3.8) is 0 Å². The zero-order chi connectivity index (χ0) is 15.8. The maximum atomic E-state index is 12.3. The molecule has 6 heteroatoms. The van der Waals surface area contributed by atoms with Crippen molar-refractivity contribution in [1.82, 2.24) is 15.2 Å². The number of nitrogens with zero attached hydrogens (tertiary/aromatic N) is 2. The minimum Gasteiger partial charge on any atom is -0.395 e. The van der Waals surface area contributed by atoms with E-state index >= 15 is 0 Å². The molecule has 0 fully saturated rings. The summed E-state index contributed by atoms with van der Waals surface area (Å²) in [4.78, 5) is 18.5. The summed E-state index contributed by atoms with van der Waals surface area (Å²) in [5, 5.41) is 14.8. The van der Waals surface area contributed by atoms with Crippen molar-refractivity contribution in [2.45, 2.75) is 13.0 Å². The van der Waals surface area contributed by atoms with E-state index in [4.69, 9.17) is 5.11 Å². The molecule has 0 bridgehead atoms. The molecule has 2 rings (SSSR count). The lowest BCUT2D eigenvalue weighted by Crippen LogP contribution is -2.40. The molecular formula is C16H21N3O2S. The molecule has 1 atom stereocenters. The smallest absolute Gasteiger partial charge is 0.235 e. The molecule has 0 aliphatic heterocycles. The third kappa shape index (κ3) is 4.62. The Morgan fingerprint density at radius 2 is 2.18 bits per heavy atom. The normalized spacial score (nSPS) is 12.3. The first-order chi connectivity index (χ1) is 10.7. The highest BCUT2D eigenvalue weighted by Gasteiger charge is 2.20. The van der Waals surface area contributed by atoms with E-state index in [1.807, 2.05) is 47.5 Å². The summed E-state index contributed by atoms with van der Waals surface area (Å²) in [6.07, 6.45) is 1.74. The van der Waals surface area contributed by atoms with E-state index in [2.05, 4.69) is 10.3 Å². The Bertz CT molecular complexity index is 560. The standard InChI is InChI=1S/C16H21N3O2S/c1-2-19(9-10-20)12-14(21)18-15(16-17-8-11-22-16)13-6-4-3-5-7-13/h3-8,11,15,20H,2,9-10,12H2,1H3,(H,18,21). The van der Waals surface area contributed by atoms with Crippen LogP contribution in [0.25, 0.3) is 0 Å². The van der Waals surface area contributed by atoms with E-state index in [0.29, 0.717) is 6.54 Å². The number of amides is 1. The molecule has 1 aromatic carbocycles. The van der Waals surface area contributed by atoms with Crippen molar-refractivity contribution >= 4 is 17.2 Å². The summed E-state index contributed by atoms with van der Waals surface area (Å²) in [6.45, 7) is 3.51. The van der Waals surface area contributed by atoms with Gasteiger partial charge in [-0.1, -0.05) is 37.3 Å². The molecular weight excluding hydrogens is 298 g/mol. The van der Waals surface area contributed by atoms with E-state index in [0.717, 1.165) is 17.1 Å². The van der Waals surface area contributed by atoms with E-state index in [-0.39, 0.29) is 25.1 Å². The fourth-order valence-corrected chi connectivity index (χ4v) is 2.92. The Hall–Kier alpha value is -1.76. The molecule has 1 aromatic heterocycles. The summed E-state index contributed by atoms with van der Waals surface area (Å²) in [7, 11) is 0. The van der Waals surface area contributed by atoms with Crippen molar-refractivity contribution in [2.75, 3.05) is 26.2 Å². The van der Waals surface area contributed by atoms with Crippen LogP contribution in [0.2, 0.25) is 0 Å². The highest BCUT2D eigenvalue weighted by atomic mass is 32.1. The van der Waals surface area contributed by atoms with Gasteiger partial charge in [-0.15, -0.1) is 11.3 Å². The van der Waals surface area contributed by atoms with Crippen molar-refractivity contribution in [1.29, 1.82) is 0 Å². The SMILES string of the molecule is CCN(CCO)CC(=O)NC(c1ccccc1)c1nccs1. The first-order valence-electron chi connectivity index (χ1n) is 7.31. The molecule has 0 spiro atoms. The molecule has 0 saturated carbocycles. The number of hydrogen-bond acceptors (Lipinski definition) is 5.